The van der Waals surface area contributed by atoms with Crippen molar-refractivity contribution < 1.29 is 4.79 Å². The molecule has 0 saturated carbocycles. The number of carbonyl (C=O) groups excluding carboxylic acids is 1. The summed E-state index contributed by atoms with van der Waals surface area (Å²) in [6.45, 7) is 1.77. The number of nitrogens with zero attached hydrogens (tertiary/aromatic N) is 2. The van der Waals surface area contributed by atoms with Crippen LogP contribution in [0, 0.1) is 6.92 Å². The number of amides is 1. The van der Waals surface area contributed by atoms with Gasteiger partial charge in [-0.15, -0.1) is 11.3 Å². The van der Waals surface area contributed by atoms with Crippen LogP contribution in [-0.4, -0.2) is 34.9 Å². The van der Waals surface area contributed by atoms with Crippen molar-refractivity contribution in [2.24, 2.45) is 0 Å². The van der Waals surface area contributed by atoms with Gasteiger partial charge in [-0.25, -0.2) is 4.98 Å². The molecule has 0 spiro atoms. The topological polar surface area (TPSA) is 66.1 Å². The first-order valence-corrected chi connectivity index (χ1v) is 5.52. The van der Waals surface area contributed by atoms with Crippen molar-refractivity contribution in [3.63, 3.8) is 0 Å². The van der Waals surface area contributed by atoms with E-state index in [0.29, 0.717) is 20.7 Å². The normalized spacial score (nSPS) is 10.7. The molecule has 2 aromatic rings. The van der Waals surface area contributed by atoms with Gasteiger partial charge in [-0.3, -0.25) is 9.59 Å². The number of hydrogen-bond acceptors (Lipinski definition) is 4. The lowest BCUT2D eigenvalue weighted by atomic mass is 10.2. The molecule has 0 aliphatic heterocycles. The van der Waals surface area contributed by atoms with E-state index in [9.17, 15) is 9.59 Å². The molecular formula is C10H11N3O2S. The number of rotatable bonds is 1. The van der Waals surface area contributed by atoms with Crippen LogP contribution < -0.4 is 5.56 Å². The Morgan fingerprint density at radius 1 is 1.50 bits per heavy atom. The van der Waals surface area contributed by atoms with Gasteiger partial charge in [-0.1, -0.05) is 0 Å². The first-order valence-electron chi connectivity index (χ1n) is 4.71. The first-order chi connectivity index (χ1) is 7.52. The van der Waals surface area contributed by atoms with Crippen molar-refractivity contribution in [1.82, 2.24) is 14.9 Å². The highest BCUT2D eigenvalue weighted by atomic mass is 32.1. The minimum Gasteiger partial charge on any atom is -0.344 e. The Hall–Kier alpha value is -1.69. The molecule has 0 atom stereocenters. The van der Waals surface area contributed by atoms with Crippen LogP contribution in [0.4, 0.5) is 0 Å². The standard InChI is InChI=1S/C10H11N3O2S/c1-5-6-8(14)11-4-12-9(6)16-7(5)10(15)13(2)3/h4H,1-3H3,(H,11,12,14). The molecule has 1 N–H and O–H groups in total. The van der Waals surface area contributed by atoms with E-state index >= 15 is 0 Å². The highest BCUT2D eigenvalue weighted by Gasteiger charge is 2.19. The van der Waals surface area contributed by atoms with Gasteiger partial charge < -0.3 is 9.88 Å². The summed E-state index contributed by atoms with van der Waals surface area (Å²) in [5, 5.41) is 0.512. The van der Waals surface area contributed by atoms with Gasteiger partial charge in [0.05, 0.1) is 16.6 Å². The zero-order valence-corrected chi connectivity index (χ0v) is 10.0. The summed E-state index contributed by atoms with van der Waals surface area (Å²) < 4.78 is 0. The molecule has 2 rings (SSSR count). The van der Waals surface area contributed by atoms with Gasteiger partial charge in [0.1, 0.15) is 4.83 Å². The lowest BCUT2D eigenvalue weighted by Crippen LogP contribution is -2.21. The van der Waals surface area contributed by atoms with Crippen LogP contribution in [0.3, 0.4) is 0 Å². The Bertz CT molecular complexity index is 612. The molecule has 1 amide bonds. The van der Waals surface area contributed by atoms with E-state index in [2.05, 4.69) is 9.97 Å². The molecule has 16 heavy (non-hydrogen) atoms. The maximum Gasteiger partial charge on any atom is 0.263 e. The molecule has 0 aliphatic rings. The Kier molecular flexibility index (Phi) is 2.51. The summed E-state index contributed by atoms with van der Waals surface area (Å²) in [5.74, 6) is -0.0973. The van der Waals surface area contributed by atoms with E-state index in [-0.39, 0.29) is 11.5 Å². The maximum atomic E-state index is 11.8. The molecule has 84 valence electrons. The van der Waals surface area contributed by atoms with E-state index in [1.165, 1.54) is 22.6 Å². The summed E-state index contributed by atoms with van der Waals surface area (Å²) >= 11 is 1.25. The first kappa shape index (κ1) is 10.8. The smallest absolute Gasteiger partial charge is 0.263 e. The van der Waals surface area contributed by atoms with E-state index in [1.54, 1.807) is 21.0 Å². The van der Waals surface area contributed by atoms with Crippen LogP contribution in [0.25, 0.3) is 10.2 Å². The maximum absolute atomic E-state index is 11.8. The number of H-pyrrole nitrogens is 1. The number of carbonyl (C=O) groups is 1. The van der Waals surface area contributed by atoms with Crippen LogP contribution in [0.2, 0.25) is 0 Å². The SMILES string of the molecule is Cc1c(C(=O)N(C)C)sc2nc[nH]c(=O)c12. The monoisotopic (exact) mass is 237 g/mol. The average molecular weight is 237 g/mol. The van der Waals surface area contributed by atoms with Crippen LogP contribution in [0.1, 0.15) is 15.2 Å². The van der Waals surface area contributed by atoms with Gasteiger partial charge >= 0.3 is 0 Å². The van der Waals surface area contributed by atoms with Crippen molar-refractivity contribution in [3.05, 3.63) is 27.1 Å². The summed E-state index contributed by atoms with van der Waals surface area (Å²) in [7, 11) is 3.37. The van der Waals surface area contributed by atoms with Gasteiger partial charge in [-0.05, 0) is 12.5 Å². The minimum absolute atomic E-state index is 0.0973. The van der Waals surface area contributed by atoms with Crippen LogP contribution in [0.5, 0.6) is 0 Å². The van der Waals surface area contributed by atoms with E-state index in [0.717, 1.165) is 0 Å². The number of aromatic nitrogens is 2. The lowest BCUT2D eigenvalue weighted by molar-refractivity contribution is 0.0831. The third kappa shape index (κ3) is 1.51. The molecular weight excluding hydrogens is 226 g/mol. The third-order valence-electron chi connectivity index (χ3n) is 2.33. The van der Waals surface area contributed by atoms with Crippen molar-refractivity contribution in [2.75, 3.05) is 14.1 Å². The van der Waals surface area contributed by atoms with Gasteiger partial charge in [0.2, 0.25) is 0 Å². The van der Waals surface area contributed by atoms with E-state index in [1.807, 2.05) is 0 Å². The predicted octanol–water partition coefficient (Wildman–Crippen LogP) is 0.995. The fourth-order valence-electron chi connectivity index (χ4n) is 1.49. The van der Waals surface area contributed by atoms with Crippen molar-refractivity contribution in [2.45, 2.75) is 6.92 Å². The van der Waals surface area contributed by atoms with Crippen molar-refractivity contribution in [3.8, 4) is 0 Å². The molecule has 2 aromatic heterocycles. The highest BCUT2D eigenvalue weighted by Crippen LogP contribution is 2.26. The molecule has 0 unspecified atom stereocenters. The second-order valence-electron chi connectivity index (χ2n) is 3.67. The quantitative estimate of drug-likeness (QED) is 0.804. The molecule has 2 heterocycles. The number of nitrogens with one attached hydrogen (secondary N) is 1. The second kappa shape index (κ2) is 3.71. The number of fused-ring (bicyclic) bond motifs is 1. The lowest BCUT2D eigenvalue weighted by Gasteiger charge is -2.08. The second-order valence-corrected chi connectivity index (χ2v) is 4.67. The Balaban J connectivity index is 2.75. The number of aryl methyl sites for hydroxylation is 1. The Morgan fingerprint density at radius 2 is 2.19 bits per heavy atom. The number of hydrogen-bond donors (Lipinski definition) is 1. The van der Waals surface area contributed by atoms with E-state index < -0.39 is 0 Å². The van der Waals surface area contributed by atoms with Crippen LogP contribution in [-0.2, 0) is 0 Å². The molecule has 0 aromatic carbocycles. The predicted molar refractivity (Wildman–Crippen MR) is 63.0 cm³/mol. The van der Waals surface area contributed by atoms with Crippen molar-refractivity contribution in [1.29, 1.82) is 0 Å². The zero-order chi connectivity index (χ0) is 11.9. The molecule has 0 radical (unpaired) electrons. The number of thiophene rings is 1. The Morgan fingerprint density at radius 3 is 2.75 bits per heavy atom. The fraction of sp³-hybridized carbons (Fsp3) is 0.300. The Labute approximate surface area is 95.7 Å². The largest absolute Gasteiger partial charge is 0.344 e. The van der Waals surface area contributed by atoms with Gasteiger partial charge in [0.15, 0.2) is 0 Å². The summed E-state index contributed by atoms with van der Waals surface area (Å²) in [5.41, 5.74) is 0.504. The summed E-state index contributed by atoms with van der Waals surface area (Å²) in [6, 6.07) is 0. The molecule has 0 saturated heterocycles. The average Bonchev–Trinajstić information content (AvgIpc) is 2.56. The zero-order valence-electron chi connectivity index (χ0n) is 9.20. The van der Waals surface area contributed by atoms with Gasteiger partial charge in [0.25, 0.3) is 11.5 Å². The number of aromatic amines is 1. The molecule has 0 fully saturated rings. The van der Waals surface area contributed by atoms with Crippen LogP contribution >= 0.6 is 11.3 Å². The van der Waals surface area contributed by atoms with Gasteiger partial charge in [0, 0.05) is 14.1 Å². The van der Waals surface area contributed by atoms with Crippen molar-refractivity contribution >= 4 is 27.5 Å². The minimum atomic E-state index is -0.198. The van der Waals surface area contributed by atoms with E-state index in [4.69, 9.17) is 0 Å². The highest BCUT2D eigenvalue weighted by molar-refractivity contribution is 7.20. The molecule has 5 nitrogen and oxygen atoms in total. The summed E-state index contributed by atoms with van der Waals surface area (Å²) in [4.78, 5) is 32.7. The molecule has 6 heteroatoms. The third-order valence-corrected chi connectivity index (χ3v) is 3.52. The molecule has 0 bridgehead atoms. The fourth-order valence-corrected chi connectivity index (χ4v) is 2.66. The summed E-state index contributed by atoms with van der Waals surface area (Å²) in [6.07, 6.45) is 1.35. The molecule has 0 aliphatic carbocycles. The van der Waals surface area contributed by atoms with Gasteiger partial charge in [-0.2, -0.15) is 0 Å². The van der Waals surface area contributed by atoms with Crippen LogP contribution in [0.15, 0.2) is 11.1 Å².